The molecule has 4 heteroatoms. The molecule has 1 fully saturated rings. The number of nitrogens with zero attached hydrogens (tertiary/aromatic N) is 1. The van der Waals surface area contributed by atoms with E-state index >= 15 is 0 Å². The Morgan fingerprint density at radius 2 is 2.14 bits per heavy atom. The van der Waals surface area contributed by atoms with Crippen LogP contribution in [0, 0.1) is 0 Å². The summed E-state index contributed by atoms with van der Waals surface area (Å²) in [6.07, 6.45) is 6.02. The number of benzene rings is 1. The van der Waals surface area contributed by atoms with Crippen LogP contribution in [0.15, 0.2) is 24.3 Å². The molecule has 1 aliphatic rings. The van der Waals surface area contributed by atoms with Gasteiger partial charge >= 0.3 is 0 Å². The van der Waals surface area contributed by atoms with Crippen LogP contribution >= 0.6 is 0 Å². The number of hydrogen-bond acceptors (Lipinski definition) is 4. The molecular weight excluding hydrogens is 262 g/mol. The van der Waals surface area contributed by atoms with Gasteiger partial charge in [0, 0.05) is 17.0 Å². The van der Waals surface area contributed by atoms with E-state index in [4.69, 9.17) is 15.6 Å². The van der Waals surface area contributed by atoms with Gasteiger partial charge in [0.2, 0.25) is 0 Å². The number of aromatic nitrogens is 1. The van der Waals surface area contributed by atoms with E-state index in [1.807, 2.05) is 18.2 Å². The van der Waals surface area contributed by atoms with Crippen LogP contribution < -0.4 is 16.0 Å². The van der Waals surface area contributed by atoms with Gasteiger partial charge in [-0.05, 0) is 31.4 Å². The highest BCUT2D eigenvalue weighted by atomic mass is 16.5. The number of ether oxygens (including phenoxy) is 1. The lowest BCUT2D eigenvalue weighted by Crippen LogP contribution is -2.10. The van der Waals surface area contributed by atoms with Crippen molar-refractivity contribution in [3.05, 3.63) is 30.0 Å². The molecule has 3 rings (SSSR count). The number of hydrazine groups is 1. The van der Waals surface area contributed by atoms with Gasteiger partial charge in [0.1, 0.15) is 11.3 Å². The van der Waals surface area contributed by atoms with Crippen LogP contribution in [0.3, 0.4) is 0 Å². The molecule has 1 aromatic carbocycles. The quantitative estimate of drug-likeness (QED) is 0.644. The number of hydrogen-bond donors (Lipinski definition) is 2. The molecule has 0 saturated heterocycles. The summed E-state index contributed by atoms with van der Waals surface area (Å²) in [6, 6.07) is 8.12. The summed E-state index contributed by atoms with van der Waals surface area (Å²) in [5.74, 6) is 7.12. The fraction of sp³-hybridized carbons (Fsp3) is 0.471. The summed E-state index contributed by atoms with van der Waals surface area (Å²) in [6.45, 7) is 2.81. The van der Waals surface area contributed by atoms with Crippen LogP contribution in [0.25, 0.3) is 10.9 Å². The third kappa shape index (κ3) is 2.81. The van der Waals surface area contributed by atoms with E-state index in [1.165, 1.54) is 25.7 Å². The van der Waals surface area contributed by atoms with Gasteiger partial charge in [-0.15, -0.1) is 0 Å². The number of nitrogen functional groups attached to an aromatic ring is 1. The number of fused-ring (bicyclic) bond motifs is 1. The van der Waals surface area contributed by atoms with E-state index in [0.29, 0.717) is 12.5 Å². The molecule has 112 valence electrons. The van der Waals surface area contributed by atoms with Crippen molar-refractivity contribution in [2.24, 2.45) is 5.84 Å². The zero-order chi connectivity index (χ0) is 14.7. The lowest BCUT2D eigenvalue weighted by atomic mass is 10.0. The number of nitrogens with one attached hydrogen (secondary N) is 1. The zero-order valence-corrected chi connectivity index (χ0v) is 12.6. The Bertz CT molecular complexity index is 621. The van der Waals surface area contributed by atoms with Gasteiger partial charge in [-0.2, -0.15) is 0 Å². The van der Waals surface area contributed by atoms with Crippen LogP contribution in [0.5, 0.6) is 5.75 Å². The second kappa shape index (κ2) is 6.31. The maximum absolute atomic E-state index is 5.85. The molecule has 0 atom stereocenters. The minimum atomic E-state index is 0.556. The van der Waals surface area contributed by atoms with Crippen molar-refractivity contribution >= 4 is 16.6 Å². The molecule has 0 spiro atoms. The van der Waals surface area contributed by atoms with E-state index in [2.05, 4.69) is 18.4 Å². The Morgan fingerprint density at radius 3 is 2.86 bits per heavy atom. The van der Waals surface area contributed by atoms with Crippen LogP contribution in [0.2, 0.25) is 0 Å². The second-order valence-corrected chi connectivity index (χ2v) is 5.72. The van der Waals surface area contributed by atoms with Gasteiger partial charge in [0.25, 0.3) is 0 Å². The summed E-state index contributed by atoms with van der Waals surface area (Å²) in [5, 5.41) is 1.02. The molecule has 1 heterocycles. The predicted octanol–water partition coefficient (Wildman–Crippen LogP) is 3.97. The number of pyridine rings is 1. The number of para-hydroxylation sites is 1. The third-order valence-corrected chi connectivity index (χ3v) is 4.21. The SMILES string of the molecule is CCCOc1cccc2c(NN)cc(C3CCCC3)nc12. The average Bonchev–Trinajstić information content (AvgIpc) is 3.06. The topological polar surface area (TPSA) is 60.2 Å². The normalized spacial score (nSPS) is 15.5. The highest BCUT2D eigenvalue weighted by Gasteiger charge is 2.20. The molecule has 1 aliphatic carbocycles. The highest BCUT2D eigenvalue weighted by Crippen LogP contribution is 2.37. The van der Waals surface area contributed by atoms with Crippen LogP contribution in [0.4, 0.5) is 5.69 Å². The Morgan fingerprint density at radius 1 is 1.33 bits per heavy atom. The van der Waals surface area contributed by atoms with Crippen molar-refractivity contribution < 1.29 is 4.74 Å². The first kappa shape index (κ1) is 14.1. The fourth-order valence-corrected chi connectivity index (χ4v) is 3.12. The van der Waals surface area contributed by atoms with Crippen molar-refractivity contribution in [2.75, 3.05) is 12.0 Å². The molecule has 0 amide bonds. The summed E-state index contributed by atoms with van der Waals surface area (Å²) < 4.78 is 5.85. The molecule has 0 bridgehead atoms. The van der Waals surface area contributed by atoms with Crippen molar-refractivity contribution in [1.82, 2.24) is 4.98 Å². The molecule has 21 heavy (non-hydrogen) atoms. The standard InChI is InChI=1S/C17H23N3O/c1-2-10-21-16-9-5-8-13-15(20-18)11-14(19-17(13)16)12-6-3-4-7-12/h5,8-9,11-12H,2-4,6-7,10,18H2,1H3,(H,19,20). The Kier molecular flexibility index (Phi) is 4.25. The molecule has 0 unspecified atom stereocenters. The van der Waals surface area contributed by atoms with E-state index in [0.717, 1.165) is 34.5 Å². The Hall–Kier alpha value is -1.81. The average molecular weight is 285 g/mol. The van der Waals surface area contributed by atoms with Gasteiger partial charge < -0.3 is 10.2 Å². The molecule has 3 N–H and O–H groups in total. The molecule has 1 aromatic heterocycles. The van der Waals surface area contributed by atoms with Crippen molar-refractivity contribution in [3.63, 3.8) is 0 Å². The largest absolute Gasteiger partial charge is 0.491 e. The highest BCUT2D eigenvalue weighted by molar-refractivity contribution is 5.95. The van der Waals surface area contributed by atoms with Gasteiger partial charge in [-0.1, -0.05) is 31.9 Å². The number of nitrogens with two attached hydrogens (primary N) is 1. The van der Waals surface area contributed by atoms with Crippen LogP contribution in [0.1, 0.15) is 50.6 Å². The third-order valence-electron chi connectivity index (χ3n) is 4.21. The predicted molar refractivity (Wildman–Crippen MR) is 86.5 cm³/mol. The summed E-state index contributed by atoms with van der Waals surface area (Å²) in [4.78, 5) is 4.90. The summed E-state index contributed by atoms with van der Waals surface area (Å²) >= 11 is 0. The first-order valence-electron chi connectivity index (χ1n) is 7.86. The van der Waals surface area contributed by atoms with E-state index < -0.39 is 0 Å². The van der Waals surface area contributed by atoms with Crippen LogP contribution in [-0.4, -0.2) is 11.6 Å². The lowest BCUT2D eigenvalue weighted by molar-refractivity contribution is 0.320. The minimum Gasteiger partial charge on any atom is -0.491 e. The monoisotopic (exact) mass is 285 g/mol. The second-order valence-electron chi connectivity index (χ2n) is 5.72. The molecule has 2 aromatic rings. The van der Waals surface area contributed by atoms with Gasteiger partial charge in [0.15, 0.2) is 0 Å². The molecule has 4 nitrogen and oxygen atoms in total. The number of rotatable bonds is 5. The summed E-state index contributed by atoms with van der Waals surface area (Å²) in [5.41, 5.74) is 5.81. The smallest absolute Gasteiger partial charge is 0.145 e. The summed E-state index contributed by atoms with van der Waals surface area (Å²) in [7, 11) is 0. The molecule has 0 aliphatic heterocycles. The zero-order valence-electron chi connectivity index (χ0n) is 12.6. The van der Waals surface area contributed by atoms with E-state index in [9.17, 15) is 0 Å². The van der Waals surface area contributed by atoms with Crippen molar-refractivity contribution in [1.29, 1.82) is 0 Å². The van der Waals surface area contributed by atoms with Crippen molar-refractivity contribution in [2.45, 2.75) is 44.9 Å². The van der Waals surface area contributed by atoms with Crippen molar-refractivity contribution in [3.8, 4) is 5.75 Å². The molecular formula is C17H23N3O. The fourth-order valence-electron chi connectivity index (χ4n) is 3.12. The van der Waals surface area contributed by atoms with Gasteiger partial charge in [0.05, 0.1) is 12.3 Å². The maximum atomic E-state index is 5.85. The lowest BCUT2D eigenvalue weighted by Gasteiger charge is -2.15. The van der Waals surface area contributed by atoms with Crippen LogP contribution in [-0.2, 0) is 0 Å². The molecule has 0 radical (unpaired) electrons. The van der Waals surface area contributed by atoms with Gasteiger partial charge in [-0.3, -0.25) is 5.84 Å². The van der Waals surface area contributed by atoms with E-state index in [-0.39, 0.29) is 0 Å². The first-order valence-corrected chi connectivity index (χ1v) is 7.86. The maximum Gasteiger partial charge on any atom is 0.145 e. The molecule has 1 saturated carbocycles. The first-order chi connectivity index (χ1) is 10.3. The Labute approximate surface area is 125 Å². The number of anilines is 1. The van der Waals surface area contributed by atoms with E-state index in [1.54, 1.807) is 0 Å². The minimum absolute atomic E-state index is 0.556. The Balaban J connectivity index is 2.09. The van der Waals surface area contributed by atoms with Gasteiger partial charge in [-0.25, -0.2) is 4.98 Å².